The zero-order valence-corrected chi connectivity index (χ0v) is 10.5. The normalized spacial score (nSPS) is 11.9. The summed E-state index contributed by atoms with van der Waals surface area (Å²) in [7, 11) is 0. The molecule has 1 atom stereocenters. The third-order valence-corrected chi connectivity index (χ3v) is 2.55. The Morgan fingerprint density at radius 3 is 2.88 bits per heavy atom. The lowest BCUT2D eigenvalue weighted by Crippen LogP contribution is -2.35. The van der Waals surface area contributed by atoms with E-state index in [1.54, 1.807) is 0 Å². The van der Waals surface area contributed by atoms with Crippen LogP contribution in [-0.2, 0) is 4.79 Å². The van der Waals surface area contributed by atoms with Gasteiger partial charge in [0.05, 0.1) is 11.0 Å². The Kier molecular flexibility index (Phi) is 5.28. The number of amides is 1. The van der Waals surface area contributed by atoms with Crippen LogP contribution in [0.4, 0.5) is 0 Å². The molecule has 16 heavy (non-hydrogen) atoms. The highest BCUT2D eigenvalue weighted by atomic mass is 79.9. The van der Waals surface area contributed by atoms with Crippen LogP contribution >= 0.6 is 15.9 Å². The fourth-order valence-electron chi connectivity index (χ4n) is 1.11. The van der Waals surface area contributed by atoms with E-state index >= 15 is 0 Å². The molecule has 0 spiro atoms. The van der Waals surface area contributed by atoms with Crippen LogP contribution in [0.3, 0.4) is 0 Å². The molecule has 5 heteroatoms. The molecule has 1 unspecified atom stereocenters. The van der Waals surface area contributed by atoms with Gasteiger partial charge >= 0.3 is 0 Å². The van der Waals surface area contributed by atoms with E-state index in [-0.39, 0.29) is 6.10 Å². The highest BCUT2D eigenvalue weighted by molar-refractivity contribution is 9.10. The molecule has 2 N–H and O–H groups in total. The van der Waals surface area contributed by atoms with Gasteiger partial charge in [-0.3, -0.25) is 4.79 Å². The first kappa shape index (κ1) is 13.0. The SMILES string of the molecule is CC(CNC(=O)CO)Oc1ccccc1Br. The van der Waals surface area contributed by atoms with Crippen molar-refractivity contribution in [1.29, 1.82) is 0 Å². The standard InChI is InChI=1S/C11H14BrNO3/c1-8(6-13-11(15)7-14)16-10-5-3-2-4-9(10)12/h2-5,8,14H,6-7H2,1H3,(H,13,15). The molecule has 1 aromatic rings. The van der Waals surface area contributed by atoms with Crippen LogP contribution < -0.4 is 10.1 Å². The fourth-order valence-corrected chi connectivity index (χ4v) is 1.49. The molecule has 1 rings (SSSR count). The molecular formula is C11H14BrNO3. The summed E-state index contributed by atoms with van der Waals surface area (Å²) in [6.45, 7) is 1.71. The van der Waals surface area contributed by atoms with Crippen LogP contribution in [0, 0.1) is 0 Å². The maximum absolute atomic E-state index is 10.8. The van der Waals surface area contributed by atoms with Crippen molar-refractivity contribution in [3.05, 3.63) is 28.7 Å². The van der Waals surface area contributed by atoms with Crippen molar-refractivity contribution in [3.8, 4) is 5.75 Å². The molecule has 0 fully saturated rings. The number of hydrogen-bond donors (Lipinski definition) is 2. The van der Waals surface area contributed by atoms with Crippen molar-refractivity contribution in [2.24, 2.45) is 0 Å². The van der Waals surface area contributed by atoms with E-state index in [4.69, 9.17) is 9.84 Å². The molecule has 0 heterocycles. The van der Waals surface area contributed by atoms with Crippen molar-refractivity contribution < 1.29 is 14.6 Å². The summed E-state index contributed by atoms with van der Waals surface area (Å²) in [4.78, 5) is 10.8. The zero-order valence-electron chi connectivity index (χ0n) is 8.94. The van der Waals surface area contributed by atoms with Crippen LogP contribution in [0.5, 0.6) is 5.75 Å². The average molecular weight is 288 g/mol. The molecule has 4 nitrogen and oxygen atoms in total. The Hall–Kier alpha value is -1.07. The lowest BCUT2D eigenvalue weighted by atomic mass is 10.3. The molecule has 0 aromatic heterocycles. The van der Waals surface area contributed by atoms with Crippen molar-refractivity contribution in [1.82, 2.24) is 5.32 Å². The number of aliphatic hydroxyl groups excluding tert-OH is 1. The highest BCUT2D eigenvalue weighted by Crippen LogP contribution is 2.24. The van der Waals surface area contributed by atoms with Crippen molar-refractivity contribution in [2.45, 2.75) is 13.0 Å². The van der Waals surface area contributed by atoms with Crippen LogP contribution in [0.1, 0.15) is 6.92 Å². The second-order valence-electron chi connectivity index (χ2n) is 3.32. The predicted octanol–water partition coefficient (Wildman–Crippen LogP) is 1.32. The van der Waals surface area contributed by atoms with Crippen molar-refractivity contribution in [3.63, 3.8) is 0 Å². The maximum atomic E-state index is 10.8. The number of carbonyl (C=O) groups is 1. The number of benzene rings is 1. The Labute approximate surface area is 103 Å². The van der Waals surface area contributed by atoms with E-state index in [1.807, 2.05) is 31.2 Å². The number of hydrogen-bond acceptors (Lipinski definition) is 3. The molecule has 0 bridgehead atoms. The van der Waals surface area contributed by atoms with E-state index in [2.05, 4.69) is 21.2 Å². The van der Waals surface area contributed by atoms with Gasteiger partial charge in [-0.1, -0.05) is 12.1 Å². The van der Waals surface area contributed by atoms with E-state index in [0.717, 1.165) is 10.2 Å². The Balaban J connectivity index is 2.43. The summed E-state index contributed by atoms with van der Waals surface area (Å²) in [6, 6.07) is 7.50. The van der Waals surface area contributed by atoms with Gasteiger partial charge in [0.2, 0.25) is 5.91 Å². The molecule has 1 amide bonds. The molecule has 0 radical (unpaired) electrons. The number of ether oxygens (including phenoxy) is 1. The minimum Gasteiger partial charge on any atom is -0.488 e. The number of rotatable bonds is 5. The Morgan fingerprint density at radius 1 is 1.56 bits per heavy atom. The monoisotopic (exact) mass is 287 g/mol. The first-order valence-electron chi connectivity index (χ1n) is 4.92. The van der Waals surface area contributed by atoms with E-state index in [9.17, 15) is 4.79 Å². The lowest BCUT2D eigenvalue weighted by molar-refractivity contribution is -0.124. The molecular weight excluding hydrogens is 274 g/mol. The Morgan fingerprint density at radius 2 is 2.25 bits per heavy atom. The topological polar surface area (TPSA) is 58.6 Å². The van der Waals surface area contributed by atoms with E-state index in [1.165, 1.54) is 0 Å². The van der Waals surface area contributed by atoms with E-state index in [0.29, 0.717) is 6.54 Å². The van der Waals surface area contributed by atoms with Gasteiger partial charge in [-0.05, 0) is 35.0 Å². The molecule has 88 valence electrons. The third-order valence-electron chi connectivity index (χ3n) is 1.90. The summed E-state index contributed by atoms with van der Waals surface area (Å²) < 4.78 is 6.47. The summed E-state index contributed by atoms with van der Waals surface area (Å²) in [5.74, 6) is 0.329. The van der Waals surface area contributed by atoms with Crippen LogP contribution in [0.25, 0.3) is 0 Å². The number of carbonyl (C=O) groups excluding carboxylic acids is 1. The summed E-state index contributed by atoms with van der Waals surface area (Å²) in [5.41, 5.74) is 0. The third kappa shape index (κ3) is 4.20. The first-order valence-corrected chi connectivity index (χ1v) is 5.71. The van der Waals surface area contributed by atoms with Gasteiger partial charge in [0.25, 0.3) is 0 Å². The average Bonchev–Trinajstić information content (AvgIpc) is 2.29. The number of aliphatic hydroxyl groups is 1. The van der Waals surface area contributed by atoms with Gasteiger partial charge < -0.3 is 15.2 Å². The van der Waals surface area contributed by atoms with Gasteiger partial charge in [0.15, 0.2) is 0 Å². The maximum Gasteiger partial charge on any atom is 0.245 e. The molecule has 0 aliphatic heterocycles. The minimum absolute atomic E-state index is 0.158. The summed E-state index contributed by atoms with van der Waals surface area (Å²) in [6.07, 6.45) is -0.158. The second-order valence-corrected chi connectivity index (χ2v) is 4.18. The van der Waals surface area contributed by atoms with Crippen LogP contribution in [0.2, 0.25) is 0 Å². The second kappa shape index (κ2) is 6.50. The van der Waals surface area contributed by atoms with Crippen LogP contribution in [-0.4, -0.2) is 30.3 Å². The molecule has 0 saturated carbocycles. The van der Waals surface area contributed by atoms with Gasteiger partial charge in [0.1, 0.15) is 18.5 Å². The fraction of sp³-hybridized carbons (Fsp3) is 0.364. The van der Waals surface area contributed by atoms with Crippen LogP contribution in [0.15, 0.2) is 28.7 Å². The van der Waals surface area contributed by atoms with Crippen molar-refractivity contribution >= 4 is 21.8 Å². The predicted molar refractivity (Wildman–Crippen MR) is 64.3 cm³/mol. The molecule has 0 saturated heterocycles. The highest BCUT2D eigenvalue weighted by Gasteiger charge is 2.07. The number of halogens is 1. The Bertz CT molecular complexity index is 357. The summed E-state index contributed by atoms with van der Waals surface area (Å²) >= 11 is 3.37. The molecule has 0 aliphatic carbocycles. The first-order chi connectivity index (χ1) is 7.63. The van der Waals surface area contributed by atoms with Gasteiger partial charge in [-0.2, -0.15) is 0 Å². The minimum atomic E-state index is -0.498. The van der Waals surface area contributed by atoms with Crippen molar-refractivity contribution in [2.75, 3.05) is 13.2 Å². The molecule has 0 aliphatic rings. The van der Waals surface area contributed by atoms with Gasteiger partial charge in [-0.25, -0.2) is 0 Å². The molecule has 1 aromatic carbocycles. The zero-order chi connectivity index (χ0) is 12.0. The number of nitrogens with one attached hydrogen (secondary N) is 1. The number of para-hydroxylation sites is 1. The van der Waals surface area contributed by atoms with E-state index < -0.39 is 12.5 Å². The largest absolute Gasteiger partial charge is 0.488 e. The summed E-state index contributed by atoms with van der Waals surface area (Å²) in [5, 5.41) is 11.1. The van der Waals surface area contributed by atoms with Gasteiger partial charge in [-0.15, -0.1) is 0 Å². The van der Waals surface area contributed by atoms with Gasteiger partial charge in [0, 0.05) is 0 Å². The lowest BCUT2D eigenvalue weighted by Gasteiger charge is -2.16. The smallest absolute Gasteiger partial charge is 0.245 e. The quantitative estimate of drug-likeness (QED) is 0.859.